The molecule has 0 aliphatic heterocycles. The van der Waals surface area contributed by atoms with Crippen LogP contribution in [-0.4, -0.2) is 20.6 Å². The van der Waals surface area contributed by atoms with E-state index in [-0.39, 0.29) is 12.3 Å². The molecule has 0 fully saturated rings. The highest BCUT2D eigenvalue weighted by Gasteiger charge is 2.21. The number of ether oxygens (including phenoxy) is 1. The normalized spacial score (nSPS) is 11.8. The number of carbonyl (C=O) groups is 1. The van der Waals surface area contributed by atoms with Crippen LogP contribution < -0.4 is 4.74 Å². The van der Waals surface area contributed by atoms with Gasteiger partial charge in [-0.25, -0.2) is 4.98 Å². The van der Waals surface area contributed by atoms with E-state index in [9.17, 15) is 9.90 Å². The summed E-state index contributed by atoms with van der Waals surface area (Å²) in [6.45, 7) is 2.44. The van der Waals surface area contributed by atoms with Crippen molar-refractivity contribution in [2.75, 3.05) is 0 Å². The molecule has 5 nitrogen and oxygen atoms in total. The van der Waals surface area contributed by atoms with Gasteiger partial charge in [-0.3, -0.25) is 4.79 Å². The summed E-state index contributed by atoms with van der Waals surface area (Å²) in [4.78, 5) is 15.8. The Kier molecular flexibility index (Phi) is 6.80. The van der Waals surface area contributed by atoms with E-state index < -0.39 is 5.97 Å². The van der Waals surface area contributed by atoms with E-state index in [1.807, 2.05) is 73.3 Å². The number of rotatable bonds is 8. The summed E-state index contributed by atoms with van der Waals surface area (Å²) in [5.74, 6) is 0.253. The van der Waals surface area contributed by atoms with Gasteiger partial charge in [0.05, 0.1) is 12.3 Å². The summed E-state index contributed by atoms with van der Waals surface area (Å²) in [6, 6.07) is 21.7. The average molecular weight is 461 g/mol. The van der Waals surface area contributed by atoms with Crippen molar-refractivity contribution in [3.63, 3.8) is 0 Å². The molecule has 0 spiro atoms. The second-order valence-corrected chi connectivity index (χ2v) is 8.42. The zero-order valence-electron chi connectivity index (χ0n) is 18.5. The van der Waals surface area contributed by atoms with E-state index in [2.05, 4.69) is 23.2 Å². The third kappa shape index (κ3) is 5.26. The molecule has 3 aromatic carbocycles. The Bertz CT molecular complexity index is 1260. The number of imidazole rings is 1. The molecular weight excluding hydrogens is 436 g/mol. The number of aliphatic carboxylic acids is 1. The van der Waals surface area contributed by atoms with Crippen molar-refractivity contribution in [2.24, 2.45) is 7.05 Å². The fourth-order valence-electron chi connectivity index (χ4n) is 3.96. The maximum absolute atomic E-state index is 11.4. The van der Waals surface area contributed by atoms with Gasteiger partial charge in [0.1, 0.15) is 18.2 Å². The standard InChI is InChI=1S/C27H25ClN2O3/c1-18-23(7-4-8-25(18)28)21-6-3-5-19(15-21)17-33-22-11-9-20(10-12-22)24(16-26(31)32)27-29-13-14-30(27)2/h3-15,24H,16-17H2,1-2H3,(H,31,32)/t24-/m0/s1. The molecule has 0 unspecified atom stereocenters. The maximum atomic E-state index is 11.4. The SMILES string of the molecule is Cc1c(Cl)cccc1-c1cccc(COc2ccc([C@H](CC(=O)O)c3nccn3C)cc2)c1. The number of aryl methyl sites for hydroxylation is 1. The number of nitrogens with zero attached hydrogens (tertiary/aromatic N) is 2. The topological polar surface area (TPSA) is 64.3 Å². The first kappa shape index (κ1) is 22.6. The summed E-state index contributed by atoms with van der Waals surface area (Å²) in [7, 11) is 1.87. The van der Waals surface area contributed by atoms with Gasteiger partial charge in [0.15, 0.2) is 0 Å². The summed E-state index contributed by atoms with van der Waals surface area (Å²) in [5, 5.41) is 10.1. The minimum absolute atomic E-state index is 0.0270. The van der Waals surface area contributed by atoms with E-state index in [4.69, 9.17) is 16.3 Å². The predicted octanol–water partition coefficient (Wildman–Crippen LogP) is 6.23. The Morgan fingerprint density at radius 2 is 1.88 bits per heavy atom. The van der Waals surface area contributed by atoms with Crippen LogP contribution in [0.25, 0.3) is 11.1 Å². The molecule has 1 N–H and O–H groups in total. The average Bonchev–Trinajstić information content (AvgIpc) is 3.24. The van der Waals surface area contributed by atoms with Crippen LogP contribution in [0.1, 0.15) is 34.9 Å². The molecule has 1 aromatic heterocycles. The van der Waals surface area contributed by atoms with Gasteiger partial charge in [-0.05, 0) is 59.0 Å². The smallest absolute Gasteiger partial charge is 0.304 e. The Morgan fingerprint density at radius 3 is 2.58 bits per heavy atom. The van der Waals surface area contributed by atoms with Crippen LogP contribution in [0.4, 0.5) is 0 Å². The van der Waals surface area contributed by atoms with E-state index in [1.165, 1.54) is 0 Å². The zero-order chi connectivity index (χ0) is 23.4. The van der Waals surface area contributed by atoms with Gasteiger partial charge >= 0.3 is 5.97 Å². The van der Waals surface area contributed by atoms with E-state index in [0.29, 0.717) is 6.61 Å². The van der Waals surface area contributed by atoms with Crippen LogP contribution in [0.5, 0.6) is 5.75 Å². The van der Waals surface area contributed by atoms with Crippen LogP contribution in [0, 0.1) is 6.92 Å². The predicted molar refractivity (Wildman–Crippen MR) is 130 cm³/mol. The van der Waals surface area contributed by atoms with Gasteiger partial charge in [0, 0.05) is 24.5 Å². The molecule has 0 bridgehead atoms. The van der Waals surface area contributed by atoms with Gasteiger partial charge in [-0.15, -0.1) is 0 Å². The molecule has 4 aromatic rings. The fourth-order valence-corrected chi connectivity index (χ4v) is 4.13. The second kappa shape index (κ2) is 9.92. The first-order valence-electron chi connectivity index (χ1n) is 10.7. The number of benzene rings is 3. The largest absolute Gasteiger partial charge is 0.489 e. The lowest BCUT2D eigenvalue weighted by atomic mass is 9.94. The number of aromatic nitrogens is 2. The van der Waals surface area contributed by atoms with Crippen LogP contribution in [0.3, 0.4) is 0 Å². The summed E-state index contributed by atoms with van der Waals surface area (Å²) < 4.78 is 7.86. The monoisotopic (exact) mass is 460 g/mol. The highest BCUT2D eigenvalue weighted by Crippen LogP contribution is 2.30. The van der Waals surface area contributed by atoms with E-state index >= 15 is 0 Å². The molecule has 6 heteroatoms. The zero-order valence-corrected chi connectivity index (χ0v) is 19.3. The molecular formula is C27H25ClN2O3. The lowest BCUT2D eigenvalue weighted by Crippen LogP contribution is -2.12. The van der Waals surface area contributed by atoms with Crippen molar-refractivity contribution in [3.8, 4) is 16.9 Å². The van der Waals surface area contributed by atoms with Crippen molar-refractivity contribution < 1.29 is 14.6 Å². The lowest BCUT2D eigenvalue weighted by molar-refractivity contribution is -0.137. The highest BCUT2D eigenvalue weighted by atomic mass is 35.5. The Balaban J connectivity index is 1.48. The lowest BCUT2D eigenvalue weighted by Gasteiger charge is -2.16. The summed E-state index contributed by atoms with van der Waals surface area (Å²) >= 11 is 6.29. The van der Waals surface area contributed by atoms with E-state index in [0.717, 1.165) is 44.4 Å². The van der Waals surface area contributed by atoms with Gasteiger partial charge in [0.25, 0.3) is 0 Å². The highest BCUT2D eigenvalue weighted by molar-refractivity contribution is 6.31. The molecule has 1 atom stereocenters. The second-order valence-electron chi connectivity index (χ2n) is 8.02. The van der Waals surface area contributed by atoms with Gasteiger partial charge in [0.2, 0.25) is 0 Å². The Labute approximate surface area is 198 Å². The van der Waals surface area contributed by atoms with Gasteiger partial charge < -0.3 is 14.4 Å². The first-order valence-corrected chi connectivity index (χ1v) is 11.1. The fraction of sp³-hybridized carbons (Fsp3) is 0.185. The number of carboxylic acid groups (broad SMARTS) is 1. The molecule has 1 heterocycles. The molecule has 0 radical (unpaired) electrons. The van der Waals surface area contributed by atoms with Crippen LogP contribution >= 0.6 is 11.6 Å². The third-order valence-corrected chi connectivity index (χ3v) is 6.15. The first-order chi connectivity index (χ1) is 15.9. The molecule has 0 saturated carbocycles. The van der Waals surface area contributed by atoms with Crippen molar-refractivity contribution >= 4 is 17.6 Å². The van der Waals surface area contributed by atoms with Crippen molar-refractivity contribution in [2.45, 2.75) is 25.9 Å². The number of hydrogen-bond acceptors (Lipinski definition) is 3. The molecule has 0 aliphatic rings. The van der Waals surface area contributed by atoms with Crippen molar-refractivity contribution in [3.05, 3.63) is 107 Å². The van der Waals surface area contributed by atoms with Gasteiger partial charge in [-0.2, -0.15) is 0 Å². The summed E-state index contributed by atoms with van der Waals surface area (Å²) in [5.41, 5.74) is 5.19. The maximum Gasteiger partial charge on any atom is 0.304 e. The third-order valence-electron chi connectivity index (χ3n) is 5.74. The number of carboxylic acids is 1. The van der Waals surface area contributed by atoms with Crippen molar-refractivity contribution in [1.82, 2.24) is 9.55 Å². The Hall–Kier alpha value is -3.57. The molecule has 4 rings (SSSR count). The van der Waals surface area contributed by atoms with Crippen LogP contribution in [0.15, 0.2) is 79.1 Å². The number of hydrogen-bond donors (Lipinski definition) is 1. The van der Waals surface area contributed by atoms with E-state index in [1.54, 1.807) is 6.20 Å². The minimum Gasteiger partial charge on any atom is -0.489 e. The number of halogens is 1. The quantitative estimate of drug-likeness (QED) is 0.338. The Morgan fingerprint density at radius 1 is 1.12 bits per heavy atom. The molecule has 168 valence electrons. The van der Waals surface area contributed by atoms with Crippen LogP contribution in [-0.2, 0) is 18.4 Å². The molecule has 0 saturated heterocycles. The molecule has 0 amide bonds. The van der Waals surface area contributed by atoms with Crippen LogP contribution in [0.2, 0.25) is 5.02 Å². The summed E-state index contributed by atoms with van der Waals surface area (Å²) in [6.07, 6.45) is 3.47. The minimum atomic E-state index is -0.863. The van der Waals surface area contributed by atoms with Crippen molar-refractivity contribution in [1.29, 1.82) is 0 Å². The molecule has 0 aliphatic carbocycles. The molecule has 33 heavy (non-hydrogen) atoms. The van der Waals surface area contributed by atoms with Gasteiger partial charge in [-0.1, -0.05) is 54.1 Å².